The van der Waals surface area contributed by atoms with Crippen LogP contribution in [0.2, 0.25) is 0 Å². The van der Waals surface area contributed by atoms with E-state index in [1.807, 2.05) is 49.5 Å². The Labute approximate surface area is 230 Å². The molecule has 1 aliphatic heterocycles. The van der Waals surface area contributed by atoms with Crippen molar-refractivity contribution in [1.82, 2.24) is 39.5 Å². The molecule has 0 unspecified atom stereocenters. The number of morpholine rings is 1. The Morgan fingerprint density at radius 2 is 1.98 bits per heavy atom. The number of aromatic nitrogens is 7. The van der Waals surface area contributed by atoms with E-state index in [1.165, 1.54) is 0 Å². The maximum absolute atomic E-state index is 10.4. The summed E-state index contributed by atoms with van der Waals surface area (Å²) in [6.07, 6.45) is 2.87. The number of aryl methyl sites for hydroxylation is 1. The molecule has 5 aromatic rings. The minimum absolute atomic E-state index is 0.286. The van der Waals surface area contributed by atoms with Crippen molar-refractivity contribution >= 4 is 17.0 Å². The SMILES string of the molecule is Cc1cc(C#N)nn1-c1nc(-c2cnn3cc(Nc4ccc(CN5CCOCC5)nn4)ccc23)ccc1[C@H](C)O. The molecule has 6 rings (SSSR count). The van der Waals surface area contributed by atoms with Gasteiger partial charge in [-0.3, -0.25) is 4.90 Å². The van der Waals surface area contributed by atoms with Crippen molar-refractivity contribution in [3.8, 4) is 23.1 Å². The number of hydrogen-bond acceptors (Lipinski definition) is 10. The number of nitriles is 1. The van der Waals surface area contributed by atoms with Gasteiger partial charge in [0.15, 0.2) is 17.3 Å². The van der Waals surface area contributed by atoms with E-state index in [-0.39, 0.29) is 5.69 Å². The van der Waals surface area contributed by atoms with Crippen molar-refractivity contribution in [1.29, 1.82) is 5.26 Å². The first-order valence-electron chi connectivity index (χ1n) is 13.0. The van der Waals surface area contributed by atoms with Crippen molar-refractivity contribution in [2.24, 2.45) is 0 Å². The van der Waals surface area contributed by atoms with Crippen LogP contribution in [0, 0.1) is 18.3 Å². The number of aliphatic hydroxyl groups is 1. The lowest BCUT2D eigenvalue weighted by molar-refractivity contribution is 0.0335. The molecule has 0 bridgehead atoms. The summed E-state index contributed by atoms with van der Waals surface area (Å²) < 4.78 is 8.77. The van der Waals surface area contributed by atoms with Crippen LogP contribution in [-0.4, -0.2) is 70.9 Å². The van der Waals surface area contributed by atoms with Crippen LogP contribution in [0.5, 0.6) is 0 Å². The van der Waals surface area contributed by atoms with Gasteiger partial charge in [0.05, 0.1) is 54.3 Å². The van der Waals surface area contributed by atoms with Gasteiger partial charge in [-0.05, 0) is 50.2 Å². The maximum atomic E-state index is 10.4. The van der Waals surface area contributed by atoms with Gasteiger partial charge in [-0.25, -0.2) is 14.2 Å². The Hall–Kier alpha value is -4.70. The number of rotatable bonds is 7. The van der Waals surface area contributed by atoms with E-state index < -0.39 is 6.10 Å². The number of nitrogens with zero attached hydrogens (tertiary/aromatic N) is 9. The smallest absolute Gasteiger partial charge is 0.163 e. The predicted octanol–water partition coefficient (Wildman–Crippen LogP) is 3.18. The molecule has 0 spiro atoms. The van der Waals surface area contributed by atoms with Crippen LogP contribution in [0.1, 0.15) is 35.7 Å². The van der Waals surface area contributed by atoms with Crippen LogP contribution in [-0.2, 0) is 11.3 Å². The molecule has 1 saturated heterocycles. The zero-order valence-corrected chi connectivity index (χ0v) is 22.2. The Kier molecular flexibility index (Phi) is 6.91. The average Bonchev–Trinajstić information content (AvgIpc) is 3.57. The van der Waals surface area contributed by atoms with E-state index in [0.717, 1.165) is 61.0 Å². The molecule has 1 fully saturated rings. The second-order valence-electron chi connectivity index (χ2n) is 9.71. The molecule has 2 N–H and O–H groups in total. The highest BCUT2D eigenvalue weighted by atomic mass is 16.5. The monoisotopic (exact) mass is 536 g/mol. The van der Waals surface area contributed by atoms with Gasteiger partial charge in [0.2, 0.25) is 0 Å². The highest BCUT2D eigenvalue weighted by Gasteiger charge is 2.18. The number of nitrogens with one attached hydrogen (secondary N) is 1. The molecule has 12 heteroatoms. The van der Waals surface area contributed by atoms with Crippen molar-refractivity contribution in [2.45, 2.75) is 26.5 Å². The number of ether oxygens (including phenoxy) is 1. The number of hydrogen-bond donors (Lipinski definition) is 2. The highest BCUT2D eigenvalue weighted by molar-refractivity contribution is 5.79. The number of anilines is 2. The van der Waals surface area contributed by atoms with E-state index in [0.29, 0.717) is 22.9 Å². The van der Waals surface area contributed by atoms with E-state index in [1.54, 1.807) is 28.4 Å². The molecule has 12 nitrogen and oxygen atoms in total. The summed E-state index contributed by atoms with van der Waals surface area (Å²) in [6.45, 7) is 7.59. The Morgan fingerprint density at radius 1 is 1.12 bits per heavy atom. The summed E-state index contributed by atoms with van der Waals surface area (Å²) >= 11 is 0. The molecule has 40 heavy (non-hydrogen) atoms. The van der Waals surface area contributed by atoms with E-state index in [9.17, 15) is 10.4 Å². The predicted molar refractivity (Wildman–Crippen MR) is 147 cm³/mol. The van der Waals surface area contributed by atoms with Gasteiger partial charge in [0, 0.05) is 36.5 Å². The van der Waals surface area contributed by atoms with Crippen molar-refractivity contribution in [2.75, 3.05) is 31.6 Å². The lowest BCUT2D eigenvalue weighted by Gasteiger charge is -2.25. The van der Waals surface area contributed by atoms with Gasteiger partial charge in [-0.1, -0.05) is 6.07 Å². The fraction of sp³-hybridized carbons (Fsp3) is 0.286. The quantitative estimate of drug-likeness (QED) is 0.318. The van der Waals surface area contributed by atoms with Gasteiger partial charge < -0.3 is 15.2 Å². The number of aliphatic hydroxyl groups excluding tert-OH is 1. The minimum Gasteiger partial charge on any atom is -0.389 e. The lowest BCUT2D eigenvalue weighted by Crippen LogP contribution is -2.35. The summed E-state index contributed by atoms with van der Waals surface area (Å²) in [7, 11) is 0. The molecule has 0 aliphatic carbocycles. The number of pyridine rings is 2. The molecule has 0 amide bonds. The lowest BCUT2D eigenvalue weighted by atomic mass is 10.1. The van der Waals surface area contributed by atoms with Crippen LogP contribution in [0.15, 0.2) is 54.9 Å². The molecule has 5 aromatic heterocycles. The second kappa shape index (κ2) is 10.8. The Morgan fingerprint density at radius 3 is 2.70 bits per heavy atom. The van der Waals surface area contributed by atoms with Crippen molar-refractivity contribution < 1.29 is 9.84 Å². The first kappa shape index (κ1) is 25.6. The number of fused-ring (bicyclic) bond motifs is 1. The maximum Gasteiger partial charge on any atom is 0.163 e. The van der Waals surface area contributed by atoms with E-state index in [4.69, 9.17) is 9.72 Å². The normalized spacial score (nSPS) is 14.8. The fourth-order valence-electron chi connectivity index (χ4n) is 4.75. The third-order valence-corrected chi connectivity index (χ3v) is 6.83. The zero-order valence-electron chi connectivity index (χ0n) is 22.2. The van der Waals surface area contributed by atoms with Crippen LogP contribution >= 0.6 is 0 Å². The Balaban J connectivity index is 1.25. The van der Waals surface area contributed by atoms with Gasteiger partial charge in [0.25, 0.3) is 0 Å². The molecule has 1 atom stereocenters. The van der Waals surface area contributed by atoms with Gasteiger partial charge in [-0.2, -0.15) is 20.6 Å². The van der Waals surface area contributed by atoms with Gasteiger partial charge in [-0.15, -0.1) is 5.10 Å². The van der Waals surface area contributed by atoms with E-state index in [2.05, 4.69) is 36.7 Å². The van der Waals surface area contributed by atoms with Crippen LogP contribution in [0.25, 0.3) is 22.6 Å². The molecule has 0 saturated carbocycles. The highest BCUT2D eigenvalue weighted by Crippen LogP contribution is 2.29. The van der Waals surface area contributed by atoms with Gasteiger partial charge in [0.1, 0.15) is 6.07 Å². The van der Waals surface area contributed by atoms with Crippen molar-refractivity contribution in [3.05, 3.63) is 77.5 Å². The molecule has 202 valence electrons. The summed E-state index contributed by atoms with van der Waals surface area (Å²) in [4.78, 5) is 7.14. The molecular formula is C28H28N10O2. The first-order valence-corrected chi connectivity index (χ1v) is 13.0. The molecular weight excluding hydrogens is 508 g/mol. The molecule has 1 aliphatic rings. The zero-order chi connectivity index (χ0) is 27.6. The third-order valence-electron chi connectivity index (χ3n) is 6.83. The summed E-state index contributed by atoms with van der Waals surface area (Å²) in [5.41, 5.74) is 5.72. The molecule has 0 radical (unpaired) electrons. The molecule has 6 heterocycles. The minimum atomic E-state index is -0.764. The largest absolute Gasteiger partial charge is 0.389 e. The van der Waals surface area contributed by atoms with E-state index >= 15 is 0 Å². The third kappa shape index (κ3) is 5.13. The summed E-state index contributed by atoms with van der Waals surface area (Å²) in [5.74, 6) is 1.11. The van der Waals surface area contributed by atoms with Crippen LogP contribution < -0.4 is 5.32 Å². The van der Waals surface area contributed by atoms with Gasteiger partial charge >= 0.3 is 0 Å². The standard InChI is InChI=1S/C28H28N10O2/c1-18-13-22(14-29)35-38(18)28-23(19(2)39)5-6-25(32-28)24-15-30-37-17-20(3-7-26(24)37)31-27-8-4-21(33-34-27)16-36-9-11-40-12-10-36/h3-8,13,15,17,19,39H,9-12,16H2,1-2H3,(H,31,34)/t19-/m0/s1. The second-order valence-corrected chi connectivity index (χ2v) is 9.71. The summed E-state index contributed by atoms with van der Waals surface area (Å²) in [6, 6.07) is 15.2. The topological polar surface area (TPSA) is 142 Å². The fourth-order valence-corrected chi connectivity index (χ4v) is 4.75. The van der Waals surface area contributed by atoms with Crippen molar-refractivity contribution in [3.63, 3.8) is 0 Å². The average molecular weight is 537 g/mol. The first-order chi connectivity index (χ1) is 19.5. The molecule has 0 aromatic carbocycles. The van der Waals surface area contributed by atoms with Crippen LogP contribution in [0.4, 0.5) is 11.5 Å². The van der Waals surface area contributed by atoms with Crippen LogP contribution in [0.3, 0.4) is 0 Å². The Bertz CT molecular complexity index is 1690. The summed E-state index contributed by atoms with van der Waals surface area (Å²) in [5, 5.41) is 40.5.